The number of rotatable bonds is 3. The second kappa shape index (κ2) is 4.74. The van der Waals surface area contributed by atoms with Crippen molar-refractivity contribution < 1.29 is 0 Å². The van der Waals surface area contributed by atoms with Crippen LogP contribution in [0.5, 0.6) is 0 Å². The monoisotopic (exact) mass is 278 g/mol. The van der Waals surface area contributed by atoms with Gasteiger partial charge in [-0.1, -0.05) is 41.2 Å². The van der Waals surface area contributed by atoms with E-state index in [4.69, 9.17) is 0 Å². The third-order valence-corrected chi connectivity index (χ3v) is 2.11. The van der Waals surface area contributed by atoms with E-state index in [2.05, 4.69) is 59.2 Å². The van der Waals surface area contributed by atoms with Crippen molar-refractivity contribution in [1.82, 2.24) is 10.6 Å². The van der Waals surface area contributed by atoms with Crippen molar-refractivity contribution in [3.05, 3.63) is 23.5 Å². The molecule has 12 heavy (non-hydrogen) atoms. The molecule has 68 valence electrons. The largest absolute Gasteiger partial charge is 0.371 e. The fourth-order valence-corrected chi connectivity index (χ4v) is 1.17. The molecule has 2 N–H and O–H groups in total. The molecule has 0 saturated carbocycles. The van der Waals surface area contributed by atoms with Gasteiger partial charge in [-0.25, -0.2) is 0 Å². The van der Waals surface area contributed by atoms with Gasteiger partial charge in [0.05, 0.1) is 5.82 Å². The Balaban J connectivity index is 2.34. The van der Waals surface area contributed by atoms with E-state index in [9.17, 15) is 0 Å². The van der Waals surface area contributed by atoms with Crippen LogP contribution in [-0.4, -0.2) is 17.0 Å². The summed E-state index contributed by atoms with van der Waals surface area (Å²) in [7, 11) is 0. The highest BCUT2D eigenvalue weighted by Gasteiger charge is 2.01. The van der Waals surface area contributed by atoms with Crippen LogP contribution in [0.2, 0.25) is 0 Å². The molecule has 0 aromatic rings. The minimum Gasteiger partial charge on any atom is -0.371 e. The summed E-state index contributed by atoms with van der Waals surface area (Å²) in [4.78, 5) is 0. The molecule has 3 heteroatoms. The van der Waals surface area contributed by atoms with E-state index in [0.29, 0.717) is 3.92 Å². The van der Waals surface area contributed by atoms with Gasteiger partial charge < -0.3 is 10.6 Å². The molecule has 0 saturated heterocycles. The topological polar surface area (TPSA) is 24.1 Å². The summed E-state index contributed by atoms with van der Waals surface area (Å²) in [5.74, 6) is 1.14. The van der Waals surface area contributed by atoms with Gasteiger partial charge in [0.1, 0.15) is 0 Å². The molecule has 1 aliphatic rings. The van der Waals surface area contributed by atoms with Crippen molar-refractivity contribution in [1.29, 1.82) is 0 Å². The minimum atomic E-state index is 0.664. The molecule has 0 aliphatic carbocycles. The van der Waals surface area contributed by atoms with Crippen molar-refractivity contribution in [3.63, 3.8) is 0 Å². The Morgan fingerprint density at radius 1 is 1.67 bits per heavy atom. The average molecular weight is 278 g/mol. The normalized spacial score (nSPS) is 18.9. The van der Waals surface area contributed by atoms with Crippen LogP contribution in [0.1, 0.15) is 13.8 Å². The predicted molar refractivity (Wildman–Crippen MR) is 61.3 cm³/mol. The summed E-state index contributed by atoms with van der Waals surface area (Å²) in [6.45, 7) is 6.31. The third kappa shape index (κ3) is 3.47. The fourth-order valence-electron chi connectivity index (χ4n) is 0.950. The van der Waals surface area contributed by atoms with Gasteiger partial charge in [0, 0.05) is 17.0 Å². The molecule has 0 amide bonds. The van der Waals surface area contributed by atoms with Crippen LogP contribution < -0.4 is 10.6 Å². The lowest BCUT2D eigenvalue weighted by molar-refractivity contribution is 0.698. The average Bonchev–Trinajstić information content (AvgIpc) is 2.03. The maximum atomic E-state index is 3.34. The fraction of sp³-hybridized carbons (Fsp3) is 0.556. The molecule has 0 spiro atoms. The molecule has 0 aromatic heterocycles. The zero-order valence-electron chi connectivity index (χ0n) is 7.52. The highest BCUT2D eigenvalue weighted by Crippen LogP contribution is 2.02. The second-order valence-electron chi connectivity index (χ2n) is 3.11. The number of hydrogen-bond acceptors (Lipinski definition) is 2. The Bertz CT molecular complexity index is 207. The van der Waals surface area contributed by atoms with Gasteiger partial charge in [-0.3, -0.25) is 0 Å². The number of hydrogen-bond donors (Lipinski definition) is 2. The number of alkyl halides is 1. The Morgan fingerprint density at radius 3 is 2.92 bits per heavy atom. The van der Waals surface area contributed by atoms with Crippen LogP contribution in [0.25, 0.3) is 0 Å². The maximum absolute atomic E-state index is 3.34. The summed E-state index contributed by atoms with van der Waals surface area (Å²) in [5, 5.41) is 6.64. The van der Waals surface area contributed by atoms with E-state index < -0.39 is 0 Å². The number of allylic oxidation sites excluding steroid dienone is 2. The van der Waals surface area contributed by atoms with E-state index in [0.717, 1.165) is 18.9 Å². The van der Waals surface area contributed by atoms with E-state index in [1.807, 2.05) is 0 Å². The first-order valence-corrected chi connectivity index (χ1v) is 5.42. The van der Waals surface area contributed by atoms with E-state index in [1.54, 1.807) is 0 Å². The van der Waals surface area contributed by atoms with Gasteiger partial charge in [-0.15, -0.1) is 0 Å². The van der Waals surface area contributed by atoms with Gasteiger partial charge in [0.2, 0.25) is 0 Å². The Hall–Kier alpha value is -0.190. The lowest BCUT2D eigenvalue weighted by atomic mass is 10.2. The smallest absolute Gasteiger partial charge is 0.0989 e. The molecule has 2 nitrogen and oxygen atoms in total. The van der Waals surface area contributed by atoms with Gasteiger partial charge in [-0.05, 0) is 13.0 Å². The third-order valence-electron chi connectivity index (χ3n) is 1.67. The zero-order valence-corrected chi connectivity index (χ0v) is 9.68. The molecule has 1 aliphatic heterocycles. The molecular formula is C9H15IN2. The quantitative estimate of drug-likeness (QED) is 0.607. The molecule has 1 unspecified atom stereocenters. The van der Waals surface area contributed by atoms with Crippen molar-refractivity contribution in [2.75, 3.05) is 13.1 Å². The van der Waals surface area contributed by atoms with Crippen molar-refractivity contribution in [2.45, 2.75) is 17.8 Å². The molecule has 0 aromatic carbocycles. The number of dihydropyridines is 1. The second-order valence-corrected chi connectivity index (χ2v) is 5.24. The van der Waals surface area contributed by atoms with Crippen LogP contribution in [0.4, 0.5) is 0 Å². The highest BCUT2D eigenvalue weighted by molar-refractivity contribution is 14.1. The Kier molecular flexibility index (Phi) is 3.91. The first-order chi connectivity index (χ1) is 5.68. The van der Waals surface area contributed by atoms with Gasteiger partial charge in [0.15, 0.2) is 0 Å². The molecule has 1 atom stereocenters. The molecule has 0 fully saturated rings. The van der Waals surface area contributed by atoms with Gasteiger partial charge in [-0.2, -0.15) is 0 Å². The standard InChI is InChI=1S/C9H15IN2/c1-7-3-4-9(11-5-7)12-6-8(2)10/h3-4,8,11-12H,5-6H2,1-2H3. The molecule has 1 heterocycles. The highest BCUT2D eigenvalue weighted by atomic mass is 127. The lowest BCUT2D eigenvalue weighted by Gasteiger charge is -2.17. The van der Waals surface area contributed by atoms with E-state index in [-0.39, 0.29) is 0 Å². The first kappa shape index (κ1) is 9.89. The summed E-state index contributed by atoms with van der Waals surface area (Å²) in [6, 6.07) is 0. The predicted octanol–water partition coefficient (Wildman–Crippen LogP) is 1.79. The SMILES string of the molecule is CC1=CC=C(NCC(C)I)NC1. The van der Waals surface area contributed by atoms with Gasteiger partial charge >= 0.3 is 0 Å². The number of halogens is 1. The van der Waals surface area contributed by atoms with Crippen LogP contribution in [0.3, 0.4) is 0 Å². The van der Waals surface area contributed by atoms with Crippen LogP contribution in [0.15, 0.2) is 23.5 Å². The maximum Gasteiger partial charge on any atom is 0.0989 e. The summed E-state index contributed by atoms with van der Waals surface area (Å²) in [5.41, 5.74) is 1.38. The Labute approximate surface area is 87.6 Å². The van der Waals surface area contributed by atoms with E-state index in [1.165, 1.54) is 5.57 Å². The molecular weight excluding hydrogens is 263 g/mol. The molecule has 1 rings (SSSR count). The molecule has 0 bridgehead atoms. The van der Waals surface area contributed by atoms with E-state index >= 15 is 0 Å². The molecule has 0 radical (unpaired) electrons. The van der Waals surface area contributed by atoms with Crippen LogP contribution >= 0.6 is 22.6 Å². The zero-order chi connectivity index (χ0) is 8.97. The number of nitrogens with one attached hydrogen (secondary N) is 2. The van der Waals surface area contributed by atoms with Crippen LogP contribution in [0, 0.1) is 0 Å². The first-order valence-electron chi connectivity index (χ1n) is 4.18. The summed E-state index contributed by atoms with van der Waals surface area (Å²) in [6.07, 6.45) is 4.24. The minimum absolute atomic E-state index is 0.664. The Morgan fingerprint density at radius 2 is 2.42 bits per heavy atom. The van der Waals surface area contributed by atoms with Crippen LogP contribution in [-0.2, 0) is 0 Å². The van der Waals surface area contributed by atoms with Crippen molar-refractivity contribution >= 4 is 22.6 Å². The van der Waals surface area contributed by atoms with Crippen molar-refractivity contribution in [2.24, 2.45) is 0 Å². The lowest BCUT2D eigenvalue weighted by Crippen LogP contribution is -2.32. The summed E-state index contributed by atoms with van der Waals surface area (Å²) < 4.78 is 0.664. The summed E-state index contributed by atoms with van der Waals surface area (Å²) >= 11 is 2.41. The van der Waals surface area contributed by atoms with Gasteiger partial charge in [0.25, 0.3) is 0 Å². The van der Waals surface area contributed by atoms with Crippen molar-refractivity contribution in [3.8, 4) is 0 Å².